The van der Waals surface area contributed by atoms with Crippen LogP contribution in [0.25, 0.3) is 103 Å². The number of carboxylic acids is 6. The lowest BCUT2D eigenvalue weighted by Crippen LogP contribution is -1.90. The lowest BCUT2D eigenvalue weighted by Gasteiger charge is -2.14. The second kappa shape index (κ2) is 22.7. The van der Waals surface area contributed by atoms with Gasteiger partial charge >= 0.3 is 35.8 Å². The van der Waals surface area contributed by atoms with Crippen LogP contribution < -0.4 is 0 Å². The molecule has 354 valence electrons. The molecule has 0 amide bonds. The summed E-state index contributed by atoms with van der Waals surface area (Å²) in [6.45, 7) is 0. The first-order valence-electron chi connectivity index (χ1n) is 21.9. The first-order chi connectivity index (χ1) is 34.5. The number of carboxylic acid groups (broad SMARTS) is 6. The summed E-state index contributed by atoms with van der Waals surface area (Å²) in [4.78, 5) is 67.9. The van der Waals surface area contributed by atoms with E-state index in [1.165, 1.54) is 36.5 Å². The van der Waals surface area contributed by atoms with Gasteiger partial charge in [-0.15, -0.1) is 0 Å². The Morgan fingerprint density at radius 3 is 0.486 bits per heavy atom. The van der Waals surface area contributed by atoms with Crippen molar-refractivity contribution < 1.29 is 59.4 Å². The number of hydrogen-bond acceptors (Lipinski definition) is 6. The van der Waals surface area contributed by atoms with Crippen LogP contribution in [0.1, 0.15) is 33.4 Å². The van der Waals surface area contributed by atoms with E-state index in [2.05, 4.69) is 18.2 Å². The zero-order chi connectivity index (χ0) is 51.3. The fourth-order valence-corrected chi connectivity index (χ4v) is 7.81. The molecule has 0 heterocycles. The summed E-state index contributed by atoms with van der Waals surface area (Å²) in [5.41, 5.74) is 13.2. The maximum absolute atomic E-state index is 11.3. The minimum absolute atomic E-state index is 0.565. The van der Waals surface area contributed by atoms with Crippen molar-refractivity contribution in [1.82, 2.24) is 0 Å². The van der Waals surface area contributed by atoms with E-state index in [9.17, 15) is 59.4 Å². The molecule has 6 N–H and O–H groups in total. The molecule has 0 saturated carbocycles. The average molecular weight is 955 g/mol. The first kappa shape index (κ1) is 49.7. The fraction of sp³-hybridized carbons (Fsp3) is 0. The van der Waals surface area contributed by atoms with Crippen LogP contribution in [-0.2, 0) is 28.8 Å². The van der Waals surface area contributed by atoms with E-state index < -0.39 is 35.8 Å². The Labute approximate surface area is 412 Å². The number of benzene rings is 7. The number of rotatable bonds is 18. The van der Waals surface area contributed by atoms with Gasteiger partial charge in [0.15, 0.2) is 0 Å². The van der Waals surface area contributed by atoms with Crippen molar-refractivity contribution in [1.29, 1.82) is 0 Å². The second-order valence-electron chi connectivity index (χ2n) is 16.2. The smallest absolute Gasteiger partial charge is 0.328 e. The van der Waals surface area contributed by atoms with Crippen LogP contribution in [0, 0.1) is 0 Å². The Kier molecular flexibility index (Phi) is 15.7. The molecule has 0 unspecified atom stereocenters. The van der Waals surface area contributed by atoms with Gasteiger partial charge in [-0.1, -0.05) is 72.8 Å². The van der Waals surface area contributed by atoms with E-state index in [0.717, 1.165) is 103 Å². The van der Waals surface area contributed by atoms with Gasteiger partial charge < -0.3 is 30.6 Å². The van der Waals surface area contributed by atoms with Crippen LogP contribution >= 0.6 is 0 Å². The largest absolute Gasteiger partial charge is 0.478 e. The molecule has 0 aliphatic rings. The van der Waals surface area contributed by atoms with Crippen molar-refractivity contribution in [2.24, 2.45) is 0 Å². The zero-order valence-corrected chi connectivity index (χ0v) is 37.9. The standard InChI is InChI=1S/C60H42O12/c61-55(62)19-1-37-25-38(2-20-56(63)64)29-49(28-37)43-7-13-46(14-8-43)52-34-53(47-15-9-44(10-16-47)50-30-39(3-21-57(65)66)26-40(31-50)4-22-58(67)68)36-54(35-52)48-17-11-45(12-18-48)51-32-41(5-23-59(69)70)27-42(33-51)6-24-60(71)72/h1-36H,(H,61,62)(H,63,64)(H,65,66)(H,67,68)(H,69,70)(H,71,72)/b19-1+,20-2+,21-3+,22-4+,23-5+,24-6+. The van der Waals surface area contributed by atoms with Crippen LogP contribution in [-0.4, -0.2) is 66.5 Å². The summed E-state index contributed by atoms with van der Waals surface area (Å²) in [6.07, 6.45) is 14.7. The Morgan fingerprint density at radius 1 is 0.208 bits per heavy atom. The van der Waals surface area contributed by atoms with Crippen molar-refractivity contribution in [3.05, 3.63) is 215 Å². The van der Waals surface area contributed by atoms with Crippen molar-refractivity contribution in [3.63, 3.8) is 0 Å². The molecule has 12 nitrogen and oxygen atoms in total. The molecule has 0 radical (unpaired) electrons. The second-order valence-corrected chi connectivity index (χ2v) is 16.2. The zero-order valence-electron chi connectivity index (χ0n) is 37.9. The predicted molar refractivity (Wildman–Crippen MR) is 279 cm³/mol. The predicted octanol–water partition coefficient (Wildman–Crippen LogP) is 12.3. The third-order valence-electron chi connectivity index (χ3n) is 11.0. The number of hydrogen-bond donors (Lipinski definition) is 6. The molecule has 0 aliphatic heterocycles. The van der Waals surface area contributed by atoms with Gasteiger partial charge in [0.25, 0.3) is 0 Å². The normalized spacial score (nSPS) is 11.7. The summed E-state index contributed by atoms with van der Waals surface area (Å²) < 4.78 is 0. The highest BCUT2D eigenvalue weighted by atomic mass is 16.4. The van der Waals surface area contributed by atoms with Crippen LogP contribution in [0.4, 0.5) is 0 Å². The van der Waals surface area contributed by atoms with E-state index in [1.54, 1.807) is 18.2 Å². The first-order valence-corrected chi connectivity index (χ1v) is 21.9. The summed E-state index contributed by atoms with van der Waals surface area (Å²) >= 11 is 0. The van der Waals surface area contributed by atoms with E-state index >= 15 is 0 Å². The van der Waals surface area contributed by atoms with E-state index in [4.69, 9.17) is 0 Å². The molecule has 0 aliphatic carbocycles. The Balaban J connectivity index is 1.31. The van der Waals surface area contributed by atoms with E-state index in [1.807, 2.05) is 109 Å². The molecule has 0 bridgehead atoms. The summed E-state index contributed by atoms with van der Waals surface area (Å²) in [6, 6.07) is 45.4. The van der Waals surface area contributed by atoms with Crippen LogP contribution in [0.15, 0.2) is 182 Å². The van der Waals surface area contributed by atoms with E-state index in [0.29, 0.717) is 33.4 Å². The molecule has 0 aromatic heterocycles. The molecule has 0 saturated heterocycles. The van der Waals surface area contributed by atoms with Gasteiger partial charge in [0.2, 0.25) is 0 Å². The van der Waals surface area contributed by atoms with Gasteiger partial charge in [0.05, 0.1) is 0 Å². The maximum atomic E-state index is 11.3. The summed E-state index contributed by atoms with van der Waals surface area (Å²) in [5.74, 6) is -6.76. The highest BCUT2D eigenvalue weighted by molar-refractivity contribution is 5.91. The third-order valence-corrected chi connectivity index (χ3v) is 11.0. The van der Waals surface area contributed by atoms with Crippen molar-refractivity contribution >= 4 is 72.3 Å². The van der Waals surface area contributed by atoms with Crippen LogP contribution in [0.2, 0.25) is 0 Å². The molecule has 72 heavy (non-hydrogen) atoms. The summed E-state index contributed by atoms with van der Waals surface area (Å²) in [7, 11) is 0. The quantitative estimate of drug-likeness (QED) is 0.0442. The number of carbonyl (C=O) groups is 6. The average Bonchev–Trinajstić information content (AvgIpc) is 3.37. The fourth-order valence-electron chi connectivity index (χ4n) is 7.81. The lowest BCUT2D eigenvalue weighted by molar-refractivity contribution is -0.132. The molecule has 7 aromatic rings. The molecule has 0 atom stereocenters. The highest BCUT2D eigenvalue weighted by Gasteiger charge is 2.12. The molecular formula is C60H42O12. The molecule has 7 aromatic carbocycles. The minimum Gasteiger partial charge on any atom is -0.478 e. The van der Waals surface area contributed by atoms with Crippen molar-refractivity contribution in [2.75, 3.05) is 0 Å². The number of aliphatic carboxylic acids is 6. The Hall–Kier alpha value is -10.2. The van der Waals surface area contributed by atoms with Crippen molar-refractivity contribution in [2.45, 2.75) is 0 Å². The van der Waals surface area contributed by atoms with Gasteiger partial charge in [-0.3, -0.25) is 0 Å². The molecule has 0 spiro atoms. The van der Waals surface area contributed by atoms with Crippen molar-refractivity contribution in [3.8, 4) is 66.8 Å². The molecular weight excluding hydrogens is 913 g/mol. The van der Waals surface area contributed by atoms with Gasteiger partial charge in [-0.25, -0.2) is 28.8 Å². The Morgan fingerprint density at radius 2 is 0.347 bits per heavy atom. The molecule has 7 rings (SSSR count). The van der Waals surface area contributed by atoms with Crippen LogP contribution in [0.5, 0.6) is 0 Å². The SMILES string of the molecule is O=C(O)/C=C/c1cc(/C=C/C(=O)O)cc(-c2ccc(-c3cc(-c4ccc(-c5cc(/C=C/C(=O)O)cc(/C=C/C(=O)O)c5)cc4)cc(-c4ccc(-c5cc(/C=C/C(=O)O)cc(/C=C/C(=O)O)c5)cc4)c3)cc2)c1. The van der Waals surface area contributed by atoms with Gasteiger partial charge in [-0.05, 0) is 209 Å². The van der Waals surface area contributed by atoms with E-state index in [-0.39, 0.29) is 0 Å². The Bertz CT molecular complexity index is 2940. The monoisotopic (exact) mass is 954 g/mol. The van der Waals surface area contributed by atoms with Gasteiger partial charge in [-0.2, -0.15) is 0 Å². The highest BCUT2D eigenvalue weighted by Crippen LogP contribution is 2.37. The van der Waals surface area contributed by atoms with Gasteiger partial charge in [0.1, 0.15) is 0 Å². The third kappa shape index (κ3) is 13.9. The summed E-state index contributed by atoms with van der Waals surface area (Å²) in [5, 5.41) is 55.6. The topological polar surface area (TPSA) is 224 Å². The maximum Gasteiger partial charge on any atom is 0.328 e. The molecule has 12 heteroatoms. The molecule has 0 fully saturated rings. The van der Waals surface area contributed by atoms with Gasteiger partial charge in [0, 0.05) is 36.5 Å². The van der Waals surface area contributed by atoms with Crippen LogP contribution in [0.3, 0.4) is 0 Å². The minimum atomic E-state index is -1.13. The lowest BCUT2D eigenvalue weighted by atomic mass is 9.91.